The summed E-state index contributed by atoms with van der Waals surface area (Å²) >= 11 is 0. The topological polar surface area (TPSA) is 73.0 Å². The van der Waals surface area contributed by atoms with E-state index in [0.29, 0.717) is 17.8 Å². The molecule has 2 saturated heterocycles. The van der Waals surface area contributed by atoms with Crippen molar-refractivity contribution >= 4 is 29.1 Å². The molecule has 2 aromatic rings. The van der Waals surface area contributed by atoms with Gasteiger partial charge in [-0.3, -0.25) is 19.3 Å². The molecule has 3 aliphatic heterocycles. The van der Waals surface area contributed by atoms with E-state index in [1.54, 1.807) is 4.90 Å². The Bertz CT molecular complexity index is 1080. The molecule has 2 fully saturated rings. The summed E-state index contributed by atoms with van der Waals surface area (Å²) < 4.78 is 0. The summed E-state index contributed by atoms with van der Waals surface area (Å²) in [6.07, 6.45) is 6.79. The monoisotopic (exact) mass is 474 g/mol. The van der Waals surface area contributed by atoms with Crippen molar-refractivity contribution in [2.75, 3.05) is 42.5 Å². The van der Waals surface area contributed by atoms with Gasteiger partial charge in [0.15, 0.2) is 0 Å². The fourth-order valence-corrected chi connectivity index (χ4v) is 5.52. The van der Waals surface area contributed by atoms with Crippen LogP contribution in [0.25, 0.3) is 0 Å². The summed E-state index contributed by atoms with van der Waals surface area (Å²) in [7, 11) is 0. The number of anilines is 2. The van der Waals surface area contributed by atoms with Gasteiger partial charge in [-0.15, -0.1) is 0 Å². The summed E-state index contributed by atoms with van der Waals surface area (Å²) in [6, 6.07) is 15.5. The average molecular weight is 475 g/mol. The summed E-state index contributed by atoms with van der Waals surface area (Å²) in [5.74, 6) is -0.219. The molecule has 3 amide bonds. The Morgan fingerprint density at radius 2 is 1.66 bits per heavy atom. The second-order valence-corrected chi connectivity index (χ2v) is 9.77. The number of benzene rings is 2. The normalized spacial score (nSPS) is 19.7. The third-order valence-electron chi connectivity index (χ3n) is 7.40. The van der Waals surface area contributed by atoms with E-state index in [2.05, 4.69) is 10.2 Å². The largest absolute Gasteiger partial charge is 0.358 e. The number of carbonyl (C=O) groups excluding carboxylic acids is 3. The van der Waals surface area contributed by atoms with Crippen LogP contribution in [0.15, 0.2) is 48.5 Å². The summed E-state index contributed by atoms with van der Waals surface area (Å²) in [5.41, 5.74) is 3.37. The second kappa shape index (κ2) is 10.5. The molecule has 0 aromatic heterocycles. The molecule has 7 heteroatoms. The van der Waals surface area contributed by atoms with Gasteiger partial charge in [0, 0.05) is 31.7 Å². The van der Waals surface area contributed by atoms with Crippen LogP contribution in [0.5, 0.6) is 0 Å². The number of hydrogen-bond donors (Lipinski definition) is 1. The number of nitrogens with zero attached hydrogens (tertiary/aromatic N) is 3. The highest BCUT2D eigenvalue weighted by Crippen LogP contribution is 2.40. The van der Waals surface area contributed by atoms with Gasteiger partial charge in [0.25, 0.3) is 5.91 Å². The van der Waals surface area contributed by atoms with Crippen molar-refractivity contribution in [1.82, 2.24) is 10.2 Å². The van der Waals surface area contributed by atoms with Crippen molar-refractivity contribution < 1.29 is 14.4 Å². The van der Waals surface area contributed by atoms with Gasteiger partial charge in [0.1, 0.15) is 12.6 Å². The predicted octanol–water partition coefficient (Wildman–Crippen LogP) is 3.38. The van der Waals surface area contributed by atoms with Crippen LogP contribution in [0.4, 0.5) is 11.4 Å². The number of piperidine rings is 2. The van der Waals surface area contributed by atoms with Crippen molar-refractivity contribution in [2.24, 2.45) is 0 Å². The molecule has 1 N–H and O–H groups in total. The fraction of sp³-hybridized carbons (Fsp3) is 0.464. The molecule has 7 nitrogen and oxygen atoms in total. The highest BCUT2D eigenvalue weighted by molar-refractivity contribution is 6.09. The molecule has 0 bridgehead atoms. The molecule has 5 rings (SSSR count). The average Bonchev–Trinajstić information content (AvgIpc) is 2.91. The van der Waals surface area contributed by atoms with Crippen LogP contribution >= 0.6 is 0 Å². The van der Waals surface area contributed by atoms with Gasteiger partial charge in [-0.05, 0) is 68.7 Å². The fourth-order valence-electron chi connectivity index (χ4n) is 5.52. The first kappa shape index (κ1) is 23.4. The highest BCUT2D eigenvalue weighted by atomic mass is 16.2. The molecular weight excluding hydrogens is 440 g/mol. The number of nitrogens with one attached hydrogen (secondary N) is 1. The Morgan fingerprint density at radius 1 is 0.886 bits per heavy atom. The molecule has 3 aliphatic rings. The summed E-state index contributed by atoms with van der Waals surface area (Å²) in [5, 5.41) is 2.97. The maximum atomic E-state index is 13.5. The van der Waals surface area contributed by atoms with E-state index in [4.69, 9.17) is 0 Å². The predicted molar refractivity (Wildman–Crippen MR) is 137 cm³/mol. The van der Waals surface area contributed by atoms with Crippen LogP contribution in [-0.2, 0) is 16.0 Å². The summed E-state index contributed by atoms with van der Waals surface area (Å²) in [6.45, 7) is 2.85. The molecule has 3 heterocycles. The van der Waals surface area contributed by atoms with Crippen LogP contribution in [0.2, 0.25) is 0 Å². The lowest BCUT2D eigenvalue weighted by Crippen LogP contribution is -2.57. The standard InChI is InChI=1S/C28H34N4O3/c33-26(29-15-14-21-9-3-1-4-10-21)20-32-25-19-22(27(34)30-16-6-2-7-17-30)12-13-23(25)31-18-8-5-11-24(31)28(32)35/h1,3-4,9-10,12-13,19,24H,2,5-8,11,14-18,20H2,(H,29,33)/t24-/m1/s1. The molecule has 0 unspecified atom stereocenters. The molecule has 0 radical (unpaired) electrons. The van der Waals surface area contributed by atoms with Gasteiger partial charge < -0.3 is 15.1 Å². The Hall–Kier alpha value is -3.35. The van der Waals surface area contributed by atoms with Crippen LogP contribution in [0, 0.1) is 0 Å². The van der Waals surface area contributed by atoms with Gasteiger partial charge in [-0.25, -0.2) is 0 Å². The molecule has 2 aromatic carbocycles. The molecule has 35 heavy (non-hydrogen) atoms. The van der Waals surface area contributed by atoms with E-state index in [1.807, 2.05) is 53.4 Å². The van der Waals surface area contributed by atoms with Gasteiger partial charge in [-0.2, -0.15) is 0 Å². The second-order valence-electron chi connectivity index (χ2n) is 9.77. The maximum Gasteiger partial charge on any atom is 0.253 e. The molecule has 1 atom stereocenters. The van der Waals surface area contributed by atoms with Gasteiger partial charge in [0.2, 0.25) is 11.8 Å². The number of fused-ring (bicyclic) bond motifs is 3. The molecule has 0 saturated carbocycles. The quantitative estimate of drug-likeness (QED) is 0.697. The number of carbonyl (C=O) groups is 3. The zero-order valence-electron chi connectivity index (χ0n) is 20.2. The number of hydrogen-bond acceptors (Lipinski definition) is 4. The van der Waals surface area contributed by atoms with E-state index >= 15 is 0 Å². The molecular formula is C28H34N4O3. The van der Waals surface area contributed by atoms with Crippen molar-refractivity contribution in [3.63, 3.8) is 0 Å². The summed E-state index contributed by atoms with van der Waals surface area (Å²) in [4.78, 5) is 45.3. The smallest absolute Gasteiger partial charge is 0.253 e. The van der Waals surface area contributed by atoms with E-state index in [0.717, 1.165) is 75.8 Å². The highest BCUT2D eigenvalue weighted by Gasteiger charge is 2.40. The first-order valence-electron chi connectivity index (χ1n) is 12.9. The Kier molecular flexibility index (Phi) is 7.02. The Balaban J connectivity index is 1.35. The van der Waals surface area contributed by atoms with Crippen LogP contribution in [-0.4, -0.2) is 61.4 Å². The third-order valence-corrected chi connectivity index (χ3v) is 7.40. The van der Waals surface area contributed by atoms with Crippen LogP contribution in [0.1, 0.15) is 54.4 Å². The lowest BCUT2D eigenvalue weighted by atomic mass is 9.95. The lowest BCUT2D eigenvalue weighted by Gasteiger charge is -2.45. The Morgan fingerprint density at radius 3 is 2.46 bits per heavy atom. The van der Waals surface area contributed by atoms with Crippen LogP contribution < -0.4 is 15.1 Å². The number of amides is 3. The van der Waals surface area contributed by atoms with Crippen molar-refractivity contribution in [2.45, 2.75) is 51.0 Å². The zero-order valence-corrected chi connectivity index (χ0v) is 20.2. The lowest BCUT2D eigenvalue weighted by molar-refractivity contribution is -0.124. The molecule has 0 spiro atoms. The van der Waals surface area contributed by atoms with Crippen LogP contribution in [0.3, 0.4) is 0 Å². The van der Waals surface area contributed by atoms with Gasteiger partial charge in [-0.1, -0.05) is 30.3 Å². The minimum Gasteiger partial charge on any atom is -0.358 e. The molecule has 0 aliphatic carbocycles. The maximum absolute atomic E-state index is 13.5. The minimum absolute atomic E-state index is 0.00739. The molecule has 184 valence electrons. The van der Waals surface area contributed by atoms with E-state index in [-0.39, 0.29) is 30.3 Å². The van der Waals surface area contributed by atoms with Crippen molar-refractivity contribution in [1.29, 1.82) is 0 Å². The number of rotatable bonds is 6. The van der Waals surface area contributed by atoms with E-state index < -0.39 is 0 Å². The van der Waals surface area contributed by atoms with E-state index in [9.17, 15) is 14.4 Å². The third kappa shape index (κ3) is 5.04. The Labute approximate surface area is 207 Å². The van der Waals surface area contributed by atoms with E-state index in [1.165, 1.54) is 0 Å². The minimum atomic E-state index is -0.239. The first-order chi connectivity index (χ1) is 17.1. The van der Waals surface area contributed by atoms with Crippen molar-refractivity contribution in [3.05, 3.63) is 59.7 Å². The SMILES string of the molecule is O=C(CN1C(=O)[C@H]2CCCCN2c2ccc(C(=O)N3CCCCC3)cc21)NCCc1ccccc1. The first-order valence-corrected chi connectivity index (χ1v) is 12.9. The zero-order chi connectivity index (χ0) is 24.2. The number of likely N-dealkylation sites (tertiary alicyclic amines) is 1. The van der Waals surface area contributed by atoms with Crippen molar-refractivity contribution in [3.8, 4) is 0 Å². The van der Waals surface area contributed by atoms with Gasteiger partial charge in [0.05, 0.1) is 11.4 Å². The van der Waals surface area contributed by atoms with Gasteiger partial charge >= 0.3 is 0 Å².